The van der Waals surface area contributed by atoms with Gasteiger partial charge < -0.3 is 15.0 Å². The van der Waals surface area contributed by atoms with Crippen molar-refractivity contribution in [3.63, 3.8) is 0 Å². The van der Waals surface area contributed by atoms with Crippen LogP contribution >= 0.6 is 0 Å². The minimum Gasteiger partial charge on any atom is -0.478 e. The van der Waals surface area contributed by atoms with E-state index in [0.29, 0.717) is 11.5 Å². The first-order chi connectivity index (χ1) is 11.5. The van der Waals surface area contributed by atoms with E-state index in [0.717, 1.165) is 49.7 Å². The number of nitrogens with zero attached hydrogens (tertiary/aromatic N) is 3. The lowest BCUT2D eigenvalue weighted by molar-refractivity contribution is 0.0696. The van der Waals surface area contributed by atoms with E-state index in [9.17, 15) is 4.79 Å². The van der Waals surface area contributed by atoms with Gasteiger partial charge in [-0.2, -0.15) is 0 Å². The number of H-pyrrole nitrogens is 1. The van der Waals surface area contributed by atoms with Crippen molar-refractivity contribution in [3.05, 3.63) is 53.1 Å². The third kappa shape index (κ3) is 4.01. The molecule has 1 aliphatic heterocycles. The van der Waals surface area contributed by atoms with Crippen molar-refractivity contribution in [1.29, 1.82) is 0 Å². The van der Waals surface area contributed by atoms with Crippen molar-refractivity contribution in [2.24, 2.45) is 0 Å². The maximum absolute atomic E-state index is 11.1. The van der Waals surface area contributed by atoms with Gasteiger partial charge >= 0.3 is 5.97 Å². The second-order valence-electron chi connectivity index (χ2n) is 6.76. The molecule has 0 radical (unpaired) electrons. The van der Waals surface area contributed by atoms with Crippen LogP contribution in [0.3, 0.4) is 0 Å². The van der Waals surface area contributed by atoms with Gasteiger partial charge in [-0.15, -0.1) is 0 Å². The van der Waals surface area contributed by atoms with Crippen LogP contribution in [0.4, 0.5) is 0 Å². The monoisotopic (exact) mass is 328 g/mol. The predicted octanol–water partition coefficient (Wildman–Crippen LogP) is 2.16. The smallest absolute Gasteiger partial charge is 0.335 e. The van der Waals surface area contributed by atoms with Crippen LogP contribution in [0, 0.1) is 0 Å². The van der Waals surface area contributed by atoms with Gasteiger partial charge in [0.05, 0.1) is 5.56 Å². The van der Waals surface area contributed by atoms with Crippen LogP contribution in [-0.2, 0) is 13.1 Å². The third-order valence-electron chi connectivity index (χ3n) is 4.37. The highest BCUT2D eigenvalue weighted by molar-refractivity contribution is 5.87. The summed E-state index contributed by atoms with van der Waals surface area (Å²) in [6, 6.07) is 7.19. The summed E-state index contributed by atoms with van der Waals surface area (Å²) in [7, 11) is 4.09. The number of hydrogen-bond donors (Lipinski definition) is 2. The summed E-state index contributed by atoms with van der Waals surface area (Å²) in [5.41, 5.74) is 2.54. The molecule has 1 fully saturated rings. The minimum absolute atomic E-state index is 0.350. The van der Waals surface area contributed by atoms with Gasteiger partial charge in [-0.3, -0.25) is 4.90 Å². The number of aromatic nitrogens is 2. The van der Waals surface area contributed by atoms with E-state index in [1.165, 1.54) is 0 Å². The Hall–Kier alpha value is -2.18. The lowest BCUT2D eigenvalue weighted by atomic mass is 10.1. The number of carboxylic acid groups (broad SMARTS) is 1. The van der Waals surface area contributed by atoms with Crippen LogP contribution in [0.2, 0.25) is 0 Å². The number of likely N-dealkylation sites (tertiary alicyclic amines) is 1. The number of rotatable bonds is 6. The Bertz CT molecular complexity index is 711. The summed E-state index contributed by atoms with van der Waals surface area (Å²) in [5, 5.41) is 9.10. The lowest BCUT2D eigenvalue weighted by Gasteiger charge is -2.16. The van der Waals surface area contributed by atoms with Crippen molar-refractivity contribution in [2.75, 3.05) is 27.2 Å². The zero-order chi connectivity index (χ0) is 17.1. The topological polar surface area (TPSA) is 72.5 Å². The number of nitrogens with one attached hydrogen (secondary N) is 1. The molecule has 0 saturated carbocycles. The molecule has 1 atom stereocenters. The average Bonchev–Trinajstić information content (AvgIpc) is 3.16. The van der Waals surface area contributed by atoms with Gasteiger partial charge in [-0.25, -0.2) is 9.78 Å². The highest BCUT2D eigenvalue weighted by Gasteiger charge is 2.26. The molecule has 1 aliphatic rings. The normalized spacial score (nSPS) is 18.4. The molecule has 3 rings (SSSR count). The van der Waals surface area contributed by atoms with E-state index in [1.54, 1.807) is 12.1 Å². The van der Waals surface area contributed by atoms with E-state index in [4.69, 9.17) is 5.11 Å². The van der Waals surface area contributed by atoms with Crippen LogP contribution in [0.15, 0.2) is 30.5 Å². The molecular weight excluding hydrogens is 304 g/mol. The number of imidazole rings is 1. The third-order valence-corrected chi connectivity index (χ3v) is 4.37. The Labute approximate surface area is 142 Å². The Morgan fingerprint density at radius 2 is 2.29 bits per heavy atom. The molecule has 0 amide bonds. The summed E-state index contributed by atoms with van der Waals surface area (Å²) in [4.78, 5) is 23.5. The number of benzene rings is 1. The first kappa shape index (κ1) is 16.7. The SMILES string of the molecule is CN(C)Cc1cnc(C2CCN(Cc3cccc(C(=O)O)c3)C2)[nH]1. The van der Waals surface area contributed by atoms with Gasteiger partial charge in [0.15, 0.2) is 0 Å². The van der Waals surface area contributed by atoms with Crippen LogP contribution in [0.5, 0.6) is 0 Å². The molecule has 2 heterocycles. The summed E-state index contributed by atoms with van der Waals surface area (Å²) in [5.74, 6) is 0.609. The zero-order valence-corrected chi connectivity index (χ0v) is 14.2. The minimum atomic E-state index is -0.875. The quantitative estimate of drug-likeness (QED) is 0.850. The molecule has 2 aromatic rings. The Kier molecular flexibility index (Phi) is 4.97. The highest BCUT2D eigenvalue weighted by Crippen LogP contribution is 2.26. The van der Waals surface area contributed by atoms with Gasteiger partial charge in [0.1, 0.15) is 5.82 Å². The van der Waals surface area contributed by atoms with Crippen LogP contribution in [0.25, 0.3) is 0 Å². The molecular formula is C18H24N4O2. The van der Waals surface area contributed by atoms with Gasteiger partial charge in [0.25, 0.3) is 0 Å². The summed E-state index contributed by atoms with van der Waals surface area (Å²) in [6.07, 6.45) is 3.00. The van der Waals surface area contributed by atoms with E-state index in [-0.39, 0.29) is 0 Å². The van der Waals surface area contributed by atoms with E-state index in [2.05, 4.69) is 19.8 Å². The van der Waals surface area contributed by atoms with E-state index in [1.807, 2.05) is 32.4 Å². The maximum Gasteiger partial charge on any atom is 0.335 e. The molecule has 2 N–H and O–H groups in total. The molecule has 1 aromatic carbocycles. The van der Waals surface area contributed by atoms with Gasteiger partial charge in [-0.05, 0) is 44.8 Å². The lowest BCUT2D eigenvalue weighted by Crippen LogP contribution is -2.20. The number of carbonyl (C=O) groups is 1. The van der Waals surface area contributed by atoms with Crippen molar-refractivity contribution in [2.45, 2.75) is 25.4 Å². The van der Waals surface area contributed by atoms with E-state index < -0.39 is 5.97 Å². The Balaban J connectivity index is 1.60. The van der Waals surface area contributed by atoms with Gasteiger partial charge in [0.2, 0.25) is 0 Å². The largest absolute Gasteiger partial charge is 0.478 e. The second-order valence-corrected chi connectivity index (χ2v) is 6.76. The number of aromatic carboxylic acids is 1. The fourth-order valence-corrected chi connectivity index (χ4v) is 3.27. The van der Waals surface area contributed by atoms with Crippen molar-refractivity contribution < 1.29 is 9.90 Å². The average molecular weight is 328 g/mol. The van der Waals surface area contributed by atoms with Gasteiger partial charge in [0, 0.05) is 37.4 Å². The molecule has 0 aliphatic carbocycles. The Morgan fingerprint density at radius 1 is 1.46 bits per heavy atom. The fourth-order valence-electron chi connectivity index (χ4n) is 3.27. The first-order valence-corrected chi connectivity index (χ1v) is 8.24. The molecule has 1 aromatic heterocycles. The molecule has 6 heteroatoms. The van der Waals surface area contributed by atoms with Crippen molar-refractivity contribution in [3.8, 4) is 0 Å². The highest BCUT2D eigenvalue weighted by atomic mass is 16.4. The second kappa shape index (κ2) is 7.15. The van der Waals surface area contributed by atoms with Crippen LogP contribution < -0.4 is 0 Å². The summed E-state index contributed by atoms with van der Waals surface area (Å²) < 4.78 is 0. The van der Waals surface area contributed by atoms with Crippen LogP contribution in [-0.4, -0.2) is 58.0 Å². The molecule has 1 saturated heterocycles. The maximum atomic E-state index is 11.1. The Morgan fingerprint density at radius 3 is 3.04 bits per heavy atom. The molecule has 24 heavy (non-hydrogen) atoms. The van der Waals surface area contributed by atoms with E-state index >= 15 is 0 Å². The molecule has 0 bridgehead atoms. The van der Waals surface area contributed by atoms with Crippen molar-refractivity contribution in [1.82, 2.24) is 19.8 Å². The first-order valence-electron chi connectivity index (χ1n) is 8.24. The number of carboxylic acids is 1. The molecule has 6 nitrogen and oxygen atoms in total. The number of aromatic amines is 1. The van der Waals surface area contributed by atoms with Gasteiger partial charge in [-0.1, -0.05) is 12.1 Å². The molecule has 128 valence electrons. The zero-order valence-electron chi connectivity index (χ0n) is 14.2. The van der Waals surface area contributed by atoms with Crippen molar-refractivity contribution >= 4 is 5.97 Å². The fraction of sp³-hybridized carbons (Fsp3) is 0.444. The molecule has 1 unspecified atom stereocenters. The summed E-state index contributed by atoms with van der Waals surface area (Å²) >= 11 is 0. The molecule has 0 spiro atoms. The predicted molar refractivity (Wildman–Crippen MR) is 92.0 cm³/mol. The summed E-state index contributed by atoms with van der Waals surface area (Å²) in [6.45, 7) is 3.60. The standard InChI is InChI=1S/C18H24N4O2/c1-21(2)12-16-9-19-17(20-16)15-6-7-22(11-15)10-13-4-3-5-14(8-13)18(23)24/h3-5,8-9,15H,6-7,10-12H2,1-2H3,(H,19,20)(H,23,24). The number of hydrogen-bond acceptors (Lipinski definition) is 4. The van der Waals surface area contributed by atoms with Crippen LogP contribution in [0.1, 0.15) is 39.8 Å².